The zero-order valence-electron chi connectivity index (χ0n) is 20.3. The quantitative estimate of drug-likeness (QED) is 0.443. The Morgan fingerprint density at radius 2 is 1.72 bits per heavy atom. The van der Waals surface area contributed by atoms with Crippen molar-refractivity contribution in [3.05, 3.63) is 64.7 Å². The van der Waals surface area contributed by atoms with Crippen molar-refractivity contribution in [2.75, 3.05) is 30.9 Å². The van der Waals surface area contributed by atoms with E-state index in [2.05, 4.69) is 14.9 Å². The van der Waals surface area contributed by atoms with Gasteiger partial charge >= 0.3 is 5.97 Å². The van der Waals surface area contributed by atoms with Gasteiger partial charge in [0.05, 0.1) is 16.1 Å². The second-order valence-corrected chi connectivity index (χ2v) is 11.0. The van der Waals surface area contributed by atoms with E-state index < -0.39 is 16.0 Å². The Hall–Kier alpha value is -3.17. The van der Waals surface area contributed by atoms with Gasteiger partial charge in [-0.1, -0.05) is 24.6 Å². The highest BCUT2D eigenvalue weighted by Gasteiger charge is 2.27. The van der Waals surface area contributed by atoms with E-state index in [1.165, 1.54) is 43.5 Å². The number of nitrogens with zero attached hydrogens (tertiary/aromatic N) is 1. The molecule has 1 aliphatic heterocycles. The highest BCUT2D eigenvalue weighted by Crippen LogP contribution is 2.35. The first-order valence-corrected chi connectivity index (χ1v) is 14.0. The van der Waals surface area contributed by atoms with Crippen LogP contribution in [0.4, 0.5) is 5.69 Å². The van der Waals surface area contributed by atoms with E-state index in [0.29, 0.717) is 30.5 Å². The van der Waals surface area contributed by atoms with E-state index >= 15 is 0 Å². The second-order valence-electron chi connectivity index (χ2n) is 9.31. The molecule has 2 aromatic rings. The summed E-state index contributed by atoms with van der Waals surface area (Å²) in [5.74, 6) is -1.50. The molecule has 8 nitrogen and oxygen atoms in total. The summed E-state index contributed by atoms with van der Waals surface area (Å²) < 4.78 is 28.7. The Morgan fingerprint density at radius 1 is 1.00 bits per heavy atom. The number of piperidine rings is 1. The molecule has 0 saturated carbocycles. The number of carboxylic acid groups (broad SMARTS) is 1. The van der Waals surface area contributed by atoms with E-state index in [1.54, 1.807) is 24.3 Å². The zero-order valence-corrected chi connectivity index (χ0v) is 21.1. The van der Waals surface area contributed by atoms with Crippen molar-refractivity contribution < 1.29 is 23.1 Å². The van der Waals surface area contributed by atoms with Crippen molar-refractivity contribution >= 4 is 33.7 Å². The fourth-order valence-corrected chi connectivity index (χ4v) is 6.07. The van der Waals surface area contributed by atoms with Crippen molar-refractivity contribution in [3.63, 3.8) is 0 Å². The third kappa shape index (κ3) is 6.33. The summed E-state index contributed by atoms with van der Waals surface area (Å²) in [6.07, 6.45) is 9.50. The summed E-state index contributed by atoms with van der Waals surface area (Å²) in [6, 6.07) is 9.63. The van der Waals surface area contributed by atoms with Gasteiger partial charge in [0.15, 0.2) is 0 Å². The third-order valence-corrected chi connectivity index (χ3v) is 8.14. The number of carbonyl (C=O) groups is 2. The molecule has 0 atom stereocenters. The van der Waals surface area contributed by atoms with E-state index in [0.717, 1.165) is 38.0 Å². The summed E-state index contributed by atoms with van der Waals surface area (Å²) >= 11 is 0. The van der Waals surface area contributed by atoms with Crippen molar-refractivity contribution in [1.29, 1.82) is 0 Å². The van der Waals surface area contributed by atoms with Gasteiger partial charge in [-0.05, 0) is 92.6 Å². The van der Waals surface area contributed by atoms with Crippen LogP contribution in [0.1, 0.15) is 59.2 Å². The SMILES string of the molecule is O=C(/C=C/c1cc2c(c(C(=O)O)c1NS(=O)(=O)c1ccccc1)CCCC2)NCCN1CCCCC1. The number of aromatic carboxylic acids is 1. The highest BCUT2D eigenvalue weighted by atomic mass is 32.2. The van der Waals surface area contributed by atoms with Crippen molar-refractivity contribution in [1.82, 2.24) is 10.2 Å². The van der Waals surface area contributed by atoms with Gasteiger partial charge in [-0.3, -0.25) is 9.52 Å². The van der Waals surface area contributed by atoms with Gasteiger partial charge in [0.25, 0.3) is 10.0 Å². The number of nitrogens with one attached hydrogen (secondary N) is 2. The van der Waals surface area contributed by atoms with Crippen molar-refractivity contribution in [3.8, 4) is 0 Å². The molecule has 1 saturated heterocycles. The van der Waals surface area contributed by atoms with Crippen LogP contribution in [-0.4, -0.2) is 56.5 Å². The number of rotatable bonds is 9. The van der Waals surface area contributed by atoms with Crippen LogP contribution in [-0.2, 0) is 27.7 Å². The number of carbonyl (C=O) groups excluding carboxylic acids is 1. The number of aryl methyl sites for hydroxylation is 1. The molecule has 36 heavy (non-hydrogen) atoms. The minimum Gasteiger partial charge on any atom is -0.478 e. The van der Waals surface area contributed by atoms with Gasteiger partial charge in [-0.2, -0.15) is 0 Å². The molecule has 0 unspecified atom stereocenters. The standard InChI is InChI=1S/C27H33N3O5S/c31-24(28-15-18-30-16-7-2-8-17-30)14-13-21-19-20-9-5-6-12-23(20)25(27(32)33)26(21)29-36(34,35)22-10-3-1-4-11-22/h1,3-4,10-11,13-14,19,29H,2,5-9,12,15-18H2,(H,28,31)(H,32,33)/b14-13+. The molecule has 4 rings (SSSR count). The molecule has 9 heteroatoms. The highest BCUT2D eigenvalue weighted by molar-refractivity contribution is 7.92. The lowest BCUT2D eigenvalue weighted by atomic mass is 9.85. The maximum Gasteiger partial charge on any atom is 0.338 e. The summed E-state index contributed by atoms with van der Waals surface area (Å²) in [5, 5.41) is 13.0. The lowest BCUT2D eigenvalue weighted by Gasteiger charge is -2.26. The molecular weight excluding hydrogens is 478 g/mol. The van der Waals surface area contributed by atoms with Crippen LogP contribution in [0, 0.1) is 0 Å². The molecule has 1 heterocycles. The number of anilines is 1. The van der Waals surface area contributed by atoms with E-state index in [1.807, 2.05) is 0 Å². The Kier molecular flexibility index (Phi) is 8.43. The number of carboxylic acids is 1. The summed E-state index contributed by atoms with van der Waals surface area (Å²) in [7, 11) is -4.04. The predicted molar refractivity (Wildman–Crippen MR) is 140 cm³/mol. The van der Waals surface area contributed by atoms with Gasteiger partial charge in [-0.25, -0.2) is 13.2 Å². The Bertz CT molecular complexity index is 1240. The van der Waals surface area contributed by atoms with Crippen LogP contribution in [0.5, 0.6) is 0 Å². The predicted octanol–water partition coefficient (Wildman–Crippen LogP) is 3.68. The topological polar surface area (TPSA) is 116 Å². The minimum atomic E-state index is -4.04. The van der Waals surface area contributed by atoms with E-state index in [9.17, 15) is 23.1 Å². The van der Waals surface area contributed by atoms with E-state index in [-0.39, 0.29) is 22.1 Å². The van der Waals surface area contributed by atoms with Crippen LogP contribution in [0.3, 0.4) is 0 Å². The lowest BCUT2D eigenvalue weighted by Crippen LogP contribution is -2.37. The van der Waals surface area contributed by atoms with Crippen LogP contribution >= 0.6 is 0 Å². The van der Waals surface area contributed by atoms with Crippen LogP contribution in [0.15, 0.2) is 47.4 Å². The Labute approximate surface area is 212 Å². The van der Waals surface area contributed by atoms with Crippen LogP contribution in [0.2, 0.25) is 0 Å². The molecule has 0 bridgehead atoms. The first-order valence-electron chi connectivity index (χ1n) is 12.5. The normalized spacial score (nSPS) is 16.4. The fourth-order valence-electron chi connectivity index (χ4n) is 4.94. The van der Waals surface area contributed by atoms with Gasteiger partial charge in [0.2, 0.25) is 5.91 Å². The van der Waals surface area contributed by atoms with Crippen LogP contribution < -0.4 is 10.0 Å². The van der Waals surface area contributed by atoms with E-state index in [4.69, 9.17) is 0 Å². The smallest absolute Gasteiger partial charge is 0.338 e. The lowest BCUT2D eigenvalue weighted by molar-refractivity contribution is -0.116. The van der Waals surface area contributed by atoms with Gasteiger partial charge in [-0.15, -0.1) is 0 Å². The number of hydrogen-bond acceptors (Lipinski definition) is 5. The summed E-state index contributed by atoms with van der Waals surface area (Å²) in [6.45, 7) is 3.39. The molecule has 1 aliphatic carbocycles. The monoisotopic (exact) mass is 511 g/mol. The number of fused-ring (bicyclic) bond motifs is 1. The zero-order chi connectivity index (χ0) is 25.5. The molecule has 0 radical (unpaired) electrons. The molecule has 1 amide bonds. The maximum atomic E-state index is 13.1. The number of hydrogen-bond donors (Lipinski definition) is 3. The minimum absolute atomic E-state index is 0.00984. The molecule has 192 valence electrons. The number of amides is 1. The van der Waals surface area contributed by atoms with Gasteiger partial charge in [0.1, 0.15) is 0 Å². The Balaban J connectivity index is 1.61. The largest absolute Gasteiger partial charge is 0.478 e. The first-order chi connectivity index (χ1) is 17.3. The number of sulfonamides is 1. The summed E-state index contributed by atoms with van der Waals surface area (Å²) in [5.41, 5.74) is 1.84. The van der Waals surface area contributed by atoms with Gasteiger partial charge < -0.3 is 15.3 Å². The number of likely N-dealkylation sites (tertiary alicyclic amines) is 1. The molecule has 1 fully saturated rings. The fraction of sp³-hybridized carbons (Fsp3) is 0.407. The molecule has 0 spiro atoms. The molecule has 0 aromatic heterocycles. The molecule has 3 N–H and O–H groups in total. The Morgan fingerprint density at radius 3 is 2.44 bits per heavy atom. The van der Waals surface area contributed by atoms with Crippen LogP contribution in [0.25, 0.3) is 6.08 Å². The molecular formula is C27H33N3O5S. The third-order valence-electron chi connectivity index (χ3n) is 6.77. The van der Waals surface area contributed by atoms with Crippen molar-refractivity contribution in [2.24, 2.45) is 0 Å². The second kappa shape index (κ2) is 11.7. The molecule has 2 aromatic carbocycles. The number of benzene rings is 2. The van der Waals surface area contributed by atoms with Gasteiger partial charge in [0, 0.05) is 19.2 Å². The average molecular weight is 512 g/mol. The average Bonchev–Trinajstić information content (AvgIpc) is 2.88. The first kappa shape index (κ1) is 25.9. The molecule has 2 aliphatic rings. The summed E-state index contributed by atoms with van der Waals surface area (Å²) in [4.78, 5) is 27.2. The maximum absolute atomic E-state index is 13.1. The van der Waals surface area contributed by atoms with Crippen molar-refractivity contribution in [2.45, 2.75) is 49.8 Å².